The molecule has 1 amide bonds. The van der Waals surface area contributed by atoms with E-state index in [0.717, 1.165) is 5.56 Å². The molecule has 4 aromatic rings. The first-order chi connectivity index (χ1) is 14.0. The fraction of sp³-hybridized carbons (Fsp3) is 0. The van der Waals surface area contributed by atoms with Crippen molar-refractivity contribution in [3.05, 3.63) is 93.9 Å². The summed E-state index contributed by atoms with van der Waals surface area (Å²) >= 11 is 9.32. The monoisotopic (exact) mass is 470 g/mol. The molecule has 0 bridgehead atoms. The Morgan fingerprint density at radius 1 is 1.07 bits per heavy atom. The van der Waals surface area contributed by atoms with E-state index in [-0.39, 0.29) is 10.7 Å². The molecule has 0 aliphatic heterocycles. The largest absolute Gasteiger partial charge is 0.321 e. The minimum atomic E-state index is -0.559. The first-order valence-electron chi connectivity index (χ1n) is 8.56. The van der Waals surface area contributed by atoms with Crippen molar-refractivity contribution in [2.24, 2.45) is 0 Å². The molecular formula is C21H13BrClFN4O. The summed E-state index contributed by atoms with van der Waals surface area (Å²) < 4.78 is 15.5. The zero-order chi connectivity index (χ0) is 20.4. The summed E-state index contributed by atoms with van der Waals surface area (Å²) in [6, 6.07) is 19.0. The summed E-state index contributed by atoms with van der Waals surface area (Å²) in [4.78, 5) is 17.2. The lowest BCUT2D eigenvalue weighted by atomic mass is 10.1. The molecule has 0 fully saturated rings. The van der Waals surface area contributed by atoms with E-state index in [1.54, 1.807) is 23.0 Å². The van der Waals surface area contributed by atoms with Gasteiger partial charge in [0, 0.05) is 17.4 Å². The lowest BCUT2D eigenvalue weighted by Crippen LogP contribution is -2.14. The quantitative estimate of drug-likeness (QED) is 0.413. The van der Waals surface area contributed by atoms with Gasteiger partial charge in [0.2, 0.25) is 0 Å². The lowest BCUT2D eigenvalue weighted by Gasteiger charge is -2.06. The molecule has 0 saturated heterocycles. The Morgan fingerprint density at radius 3 is 2.52 bits per heavy atom. The van der Waals surface area contributed by atoms with Gasteiger partial charge in [-0.05, 0) is 46.3 Å². The third kappa shape index (κ3) is 3.92. The summed E-state index contributed by atoms with van der Waals surface area (Å²) in [6.45, 7) is 0. The molecule has 0 unspecified atom stereocenters. The molecule has 0 radical (unpaired) electrons. The molecule has 1 N–H and O–H groups in total. The molecule has 29 heavy (non-hydrogen) atoms. The van der Waals surface area contributed by atoms with E-state index in [2.05, 4.69) is 31.3 Å². The second-order valence-electron chi connectivity index (χ2n) is 6.06. The van der Waals surface area contributed by atoms with Gasteiger partial charge in [0.25, 0.3) is 5.91 Å². The first kappa shape index (κ1) is 19.3. The zero-order valence-electron chi connectivity index (χ0n) is 14.8. The fourth-order valence-electron chi connectivity index (χ4n) is 2.80. The second kappa shape index (κ2) is 8.14. The zero-order valence-corrected chi connectivity index (χ0v) is 17.2. The van der Waals surface area contributed by atoms with Gasteiger partial charge < -0.3 is 5.32 Å². The molecule has 0 spiro atoms. The van der Waals surface area contributed by atoms with Crippen molar-refractivity contribution >= 4 is 39.1 Å². The maximum atomic E-state index is 13.4. The number of carbonyl (C=O) groups is 1. The van der Waals surface area contributed by atoms with E-state index in [1.165, 1.54) is 18.2 Å². The Morgan fingerprint density at radius 2 is 1.83 bits per heavy atom. The van der Waals surface area contributed by atoms with Crippen LogP contribution in [-0.2, 0) is 0 Å². The Balaban J connectivity index is 1.79. The summed E-state index contributed by atoms with van der Waals surface area (Å²) in [5.74, 6) is -0.459. The number of halogens is 3. The van der Waals surface area contributed by atoms with Crippen LogP contribution >= 0.6 is 27.5 Å². The van der Waals surface area contributed by atoms with E-state index in [0.29, 0.717) is 21.7 Å². The highest BCUT2D eigenvalue weighted by molar-refractivity contribution is 9.10. The van der Waals surface area contributed by atoms with Crippen molar-refractivity contribution in [1.82, 2.24) is 14.8 Å². The summed E-state index contributed by atoms with van der Waals surface area (Å²) in [6.07, 6.45) is 1.65. The highest BCUT2D eigenvalue weighted by Crippen LogP contribution is 2.33. The van der Waals surface area contributed by atoms with Gasteiger partial charge in [-0.25, -0.2) is 14.1 Å². The molecule has 0 saturated carbocycles. The Hall–Kier alpha value is -3.03. The van der Waals surface area contributed by atoms with Crippen LogP contribution in [0.25, 0.3) is 17.1 Å². The number of hydrogen-bond donors (Lipinski definition) is 1. The molecule has 5 nitrogen and oxygen atoms in total. The predicted molar refractivity (Wildman–Crippen MR) is 114 cm³/mol. The summed E-state index contributed by atoms with van der Waals surface area (Å²) in [5.41, 5.74) is 2.07. The Kier molecular flexibility index (Phi) is 5.42. The van der Waals surface area contributed by atoms with Crippen molar-refractivity contribution in [2.75, 3.05) is 5.32 Å². The van der Waals surface area contributed by atoms with Crippen LogP contribution in [0, 0.1) is 5.82 Å². The highest BCUT2D eigenvalue weighted by Gasteiger charge is 2.24. The van der Waals surface area contributed by atoms with Crippen molar-refractivity contribution in [3.8, 4) is 17.1 Å². The topological polar surface area (TPSA) is 59.8 Å². The lowest BCUT2D eigenvalue weighted by molar-refractivity contribution is 0.102. The molecule has 0 atom stereocenters. The molecule has 8 heteroatoms. The van der Waals surface area contributed by atoms with Crippen LogP contribution in [0.5, 0.6) is 0 Å². The van der Waals surface area contributed by atoms with Crippen molar-refractivity contribution in [3.63, 3.8) is 0 Å². The fourth-order valence-corrected chi connectivity index (χ4v) is 3.63. The van der Waals surface area contributed by atoms with Crippen LogP contribution in [0.4, 0.5) is 10.1 Å². The van der Waals surface area contributed by atoms with Crippen molar-refractivity contribution in [2.45, 2.75) is 0 Å². The van der Waals surface area contributed by atoms with E-state index in [9.17, 15) is 9.18 Å². The molecule has 2 aromatic carbocycles. The SMILES string of the molecule is O=C(Nc1ccc(F)c(Cl)c1)c1nn(-c2ccccn2)c(-c2ccccc2)c1Br. The number of amides is 1. The van der Waals surface area contributed by atoms with Gasteiger partial charge in [0.1, 0.15) is 5.82 Å². The van der Waals surface area contributed by atoms with Crippen LogP contribution in [0.3, 0.4) is 0 Å². The van der Waals surface area contributed by atoms with Gasteiger partial charge in [0.05, 0.1) is 15.2 Å². The average molecular weight is 472 g/mol. The van der Waals surface area contributed by atoms with E-state index < -0.39 is 11.7 Å². The maximum Gasteiger partial charge on any atom is 0.277 e. The summed E-state index contributed by atoms with van der Waals surface area (Å²) in [7, 11) is 0. The number of carbonyl (C=O) groups excluding carboxylic acids is 1. The Bertz CT molecular complexity index is 1180. The Labute approximate surface area is 179 Å². The second-order valence-corrected chi connectivity index (χ2v) is 7.26. The molecular weight excluding hydrogens is 459 g/mol. The van der Waals surface area contributed by atoms with Gasteiger partial charge >= 0.3 is 0 Å². The summed E-state index contributed by atoms with van der Waals surface area (Å²) in [5, 5.41) is 7.10. The van der Waals surface area contributed by atoms with Gasteiger partial charge in [-0.1, -0.05) is 48.0 Å². The smallest absolute Gasteiger partial charge is 0.277 e. The predicted octanol–water partition coefficient (Wildman–Crippen LogP) is 5.74. The normalized spacial score (nSPS) is 10.7. The van der Waals surface area contributed by atoms with E-state index in [4.69, 9.17) is 11.6 Å². The molecule has 2 heterocycles. The van der Waals surface area contributed by atoms with Gasteiger partial charge in [-0.2, -0.15) is 5.10 Å². The van der Waals surface area contributed by atoms with E-state index in [1.807, 2.05) is 36.4 Å². The number of benzene rings is 2. The van der Waals surface area contributed by atoms with Crippen LogP contribution < -0.4 is 5.32 Å². The van der Waals surface area contributed by atoms with Gasteiger partial charge in [-0.15, -0.1) is 0 Å². The van der Waals surface area contributed by atoms with Crippen LogP contribution in [0.2, 0.25) is 5.02 Å². The molecule has 2 aromatic heterocycles. The standard InChI is InChI=1S/C21H13BrClFN4O/c22-18-19(21(29)26-14-9-10-16(24)15(23)12-14)27-28(17-8-4-5-11-25-17)20(18)13-6-2-1-3-7-13/h1-12H,(H,26,29). The van der Waals surface area contributed by atoms with Crippen molar-refractivity contribution < 1.29 is 9.18 Å². The number of hydrogen-bond acceptors (Lipinski definition) is 3. The van der Waals surface area contributed by atoms with Gasteiger partial charge in [-0.3, -0.25) is 4.79 Å². The third-order valence-electron chi connectivity index (χ3n) is 4.13. The minimum absolute atomic E-state index is 0.0779. The average Bonchev–Trinajstić information content (AvgIpc) is 3.09. The van der Waals surface area contributed by atoms with Crippen LogP contribution in [0.1, 0.15) is 10.5 Å². The molecule has 144 valence electrons. The molecule has 0 aliphatic carbocycles. The number of anilines is 1. The van der Waals surface area contributed by atoms with E-state index >= 15 is 0 Å². The van der Waals surface area contributed by atoms with Crippen LogP contribution in [0.15, 0.2) is 77.4 Å². The maximum absolute atomic E-state index is 13.4. The highest BCUT2D eigenvalue weighted by atomic mass is 79.9. The number of nitrogens with zero attached hydrogens (tertiary/aromatic N) is 3. The first-order valence-corrected chi connectivity index (χ1v) is 9.73. The van der Waals surface area contributed by atoms with Crippen molar-refractivity contribution in [1.29, 1.82) is 0 Å². The molecule has 0 aliphatic rings. The third-order valence-corrected chi connectivity index (χ3v) is 5.17. The number of rotatable bonds is 4. The van der Waals surface area contributed by atoms with Gasteiger partial charge in [0.15, 0.2) is 11.5 Å². The number of pyridine rings is 1. The molecule has 4 rings (SSSR count). The number of aromatic nitrogens is 3. The van der Waals surface area contributed by atoms with Crippen LogP contribution in [-0.4, -0.2) is 20.7 Å². The minimum Gasteiger partial charge on any atom is -0.321 e. The number of nitrogens with one attached hydrogen (secondary N) is 1.